The van der Waals surface area contributed by atoms with E-state index in [1.807, 2.05) is 0 Å². The van der Waals surface area contributed by atoms with Gasteiger partial charge >= 0.3 is 0 Å². The Morgan fingerprint density at radius 2 is 2.10 bits per heavy atom. The summed E-state index contributed by atoms with van der Waals surface area (Å²) < 4.78 is 0. The Balaban J connectivity index is 1.87. The fourth-order valence-corrected chi connectivity index (χ4v) is 1.89. The molecule has 0 spiro atoms. The largest absolute Gasteiger partial charge is 0.390 e. The van der Waals surface area contributed by atoms with Crippen LogP contribution in [0.3, 0.4) is 0 Å². The van der Waals surface area contributed by atoms with Crippen molar-refractivity contribution in [3.05, 3.63) is 0 Å². The summed E-state index contributed by atoms with van der Waals surface area (Å²) in [5.74, 6) is 1.46. The van der Waals surface area contributed by atoms with Gasteiger partial charge in [0.15, 0.2) is 0 Å². The quantitative estimate of drug-likeness (QED) is 0.621. The minimum absolute atomic E-state index is 0.235. The first kappa shape index (κ1) is 6.66. The van der Waals surface area contributed by atoms with Crippen LogP contribution in [0.4, 0.5) is 0 Å². The van der Waals surface area contributed by atoms with Gasteiger partial charge in [-0.25, -0.2) is 0 Å². The molecule has 0 aromatic heterocycles. The Labute approximate surface area is 62.4 Å². The average molecular weight is 140 g/mol. The third kappa shape index (κ3) is 0.968. The number of rotatable bonds is 2. The summed E-state index contributed by atoms with van der Waals surface area (Å²) in [5.41, 5.74) is -0.235. The summed E-state index contributed by atoms with van der Waals surface area (Å²) in [5, 5.41) is 9.89. The summed E-state index contributed by atoms with van der Waals surface area (Å²) in [7, 11) is 0. The Morgan fingerprint density at radius 3 is 2.40 bits per heavy atom. The van der Waals surface area contributed by atoms with E-state index in [1.165, 1.54) is 19.3 Å². The Bertz CT molecular complexity index is 140. The van der Waals surface area contributed by atoms with Gasteiger partial charge in [-0.05, 0) is 31.1 Å². The van der Waals surface area contributed by atoms with Crippen molar-refractivity contribution in [3.8, 4) is 0 Å². The molecular formula is C9H16O. The third-order valence-corrected chi connectivity index (χ3v) is 3.27. The molecule has 1 heteroatoms. The van der Waals surface area contributed by atoms with Crippen molar-refractivity contribution < 1.29 is 5.11 Å². The van der Waals surface area contributed by atoms with E-state index in [0.717, 1.165) is 18.8 Å². The SMILES string of the molecule is CC1CCC1(O)CC1CC1. The van der Waals surface area contributed by atoms with Crippen LogP contribution in [0, 0.1) is 11.8 Å². The molecule has 2 unspecified atom stereocenters. The molecular weight excluding hydrogens is 124 g/mol. The molecule has 1 N–H and O–H groups in total. The van der Waals surface area contributed by atoms with Gasteiger partial charge in [0.25, 0.3) is 0 Å². The van der Waals surface area contributed by atoms with E-state index >= 15 is 0 Å². The maximum atomic E-state index is 9.89. The third-order valence-electron chi connectivity index (χ3n) is 3.27. The van der Waals surface area contributed by atoms with Crippen LogP contribution in [-0.2, 0) is 0 Å². The van der Waals surface area contributed by atoms with Crippen molar-refractivity contribution in [1.82, 2.24) is 0 Å². The lowest BCUT2D eigenvalue weighted by Crippen LogP contribution is -2.45. The zero-order chi connectivity index (χ0) is 7.19. The minimum Gasteiger partial charge on any atom is -0.390 e. The standard InChI is InChI=1S/C9H16O/c1-7-4-5-9(7,10)6-8-2-3-8/h7-8,10H,2-6H2,1H3. The molecule has 0 aromatic rings. The van der Waals surface area contributed by atoms with Gasteiger partial charge in [-0.2, -0.15) is 0 Å². The monoisotopic (exact) mass is 140 g/mol. The summed E-state index contributed by atoms with van der Waals surface area (Å²) in [4.78, 5) is 0. The van der Waals surface area contributed by atoms with Crippen molar-refractivity contribution in [3.63, 3.8) is 0 Å². The summed E-state index contributed by atoms with van der Waals surface area (Å²) in [6, 6.07) is 0. The lowest BCUT2D eigenvalue weighted by Gasteiger charge is -2.44. The normalized spacial score (nSPS) is 46.8. The summed E-state index contributed by atoms with van der Waals surface area (Å²) in [6.07, 6.45) is 6.13. The molecule has 0 radical (unpaired) electrons. The highest BCUT2D eigenvalue weighted by molar-refractivity contribution is 4.97. The zero-order valence-corrected chi connectivity index (χ0v) is 6.64. The second-order valence-corrected chi connectivity index (χ2v) is 4.19. The number of hydrogen-bond acceptors (Lipinski definition) is 1. The highest BCUT2D eigenvalue weighted by atomic mass is 16.3. The van der Waals surface area contributed by atoms with E-state index in [4.69, 9.17) is 0 Å². The van der Waals surface area contributed by atoms with Crippen LogP contribution in [0.25, 0.3) is 0 Å². The van der Waals surface area contributed by atoms with Gasteiger partial charge in [0, 0.05) is 0 Å². The molecule has 0 bridgehead atoms. The van der Waals surface area contributed by atoms with Crippen molar-refractivity contribution in [2.24, 2.45) is 11.8 Å². The topological polar surface area (TPSA) is 20.2 Å². The van der Waals surface area contributed by atoms with Crippen LogP contribution in [0.5, 0.6) is 0 Å². The molecule has 0 aliphatic heterocycles. The highest BCUT2D eigenvalue weighted by Crippen LogP contribution is 2.47. The van der Waals surface area contributed by atoms with Crippen LogP contribution in [0.2, 0.25) is 0 Å². The van der Waals surface area contributed by atoms with Crippen molar-refractivity contribution in [2.45, 2.75) is 44.6 Å². The zero-order valence-electron chi connectivity index (χ0n) is 6.64. The van der Waals surface area contributed by atoms with Crippen molar-refractivity contribution in [1.29, 1.82) is 0 Å². The molecule has 2 atom stereocenters. The van der Waals surface area contributed by atoms with E-state index in [1.54, 1.807) is 0 Å². The number of hydrogen-bond donors (Lipinski definition) is 1. The van der Waals surface area contributed by atoms with E-state index in [-0.39, 0.29) is 5.60 Å². The van der Waals surface area contributed by atoms with E-state index < -0.39 is 0 Å². The molecule has 2 saturated carbocycles. The van der Waals surface area contributed by atoms with Gasteiger partial charge in [0.05, 0.1) is 5.60 Å². The first-order valence-corrected chi connectivity index (χ1v) is 4.43. The van der Waals surface area contributed by atoms with E-state index in [2.05, 4.69) is 6.92 Å². The predicted octanol–water partition coefficient (Wildman–Crippen LogP) is 1.95. The van der Waals surface area contributed by atoms with Gasteiger partial charge in [0.1, 0.15) is 0 Å². The van der Waals surface area contributed by atoms with E-state index in [9.17, 15) is 5.11 Å². The molecule has 0 heterocycles. The second kappa shape index (κ2) is 1.97. The first-order chi connectivity index (χ1) is 4.71. The van der Waals surface area contributed by atoms with Crippen molar-refractivity contribution in [2.75, 3.05) is 0 Å². The predicted molar refractivity (Wildman–Crippen MR) is 40.7 cm³/mol. The summed E-state index contributed by atoms with van der Waals surface area (Å²) in [6.45, 7) is 2.17. The number of aliphatic hydroxyl groups is 1. The first-order valence-electron chi connectivity index (χ1n) is 4.43. The van der Waals surface area contributed by atoms with Crippen LogP contribution < -0.4 is 0 Å². The average Bonchev–Trinajstić information content (AvgIpc) is 2.68. The van der Waals surface area contributed by atoms with Gasteiger partial charge in [-0.1, -0.05) is 19.8 Å². The van der Waals surface area contributed by atoms with Crippen LogP contribution in [0.15, 0.2) is 0 Å². The molecule has 0 amide bonds. The maximum Gasteiger partial charge on any atom is 0.0676 e. The van der Waals surface area contributed by atoms with E-state index in [0.29, 0.717) is 5.92 Å². The Kier molecular flexibility index (Phi) is 1.31. The van der Waals surface area contributed by atoms with Gasteiger partial charge in [-0.3, -0.25) is 0 Å². The van der Waals surface area contributed by atoms with Gasteiger partial charge in [0.2, 0.25) is 0 Å². The molecule has 2 rings (SSSR count). The smallest absolute Gasteiger partial charge is 0.0676 e. The highest BCUT2D eigenvalue weighted by Gasteiger charge is 2.45. The Morgan fingerprint density at radius 1 is 1.40 bits per heavy atom. The molecule has 0 aromatic carbocycles. The van der Waals surface area contributed by atoms with Crippen molar-refractivity contribution >= 4 is 0 Å². The lowest BCUT2D eigenvalue weighted by molar-refractivity contribution is -0.0957. The fourth-order valence-electron chi connectivity index (χ4n) is 1.89. The van der Waals surface area contributed by atoms with Crippen LogP contribution in [0.1, 0.15) is 39.0 Å². The van der Waals surface area contributed by atoms with Crippen LogP contribution in [-0.4, -0.2) is 10.7 Å². The lowest BCUT2D eigenvalue weighted by atomic mass is 9.68. The molecule has 58 valence electrons. The molecule has 0 saturated heterocycles. The van der Waals surface area contributed by atoms with Gasteiger partial charge < -0.3 is 5.11 Å². The van der Waals surface area contributed by atoms with Gasteiger partial charge in [-0.15, -0.1) is 0 Å². The molecule has 2 aliphatic carbocycles. The fraction of sp³-hybridized carbons (Fsp3) is 1.00. The summed E-state index contributed by atoms with van der Waals surface area (Å²) >= 11 is 0. The Hall–Kier alpha value is -0.0400. The maximum absolute atomic E-state index is 9.89. The molecule has 10 heavy (non-hydrogen) atoms. The molecule has 2 aliphatic rings. The molecule has 1 nitrogen and oxygen atoms in total. The second-order valence-electron chi connectivity index (χ2n) is 4.19. The minimum atomic E-state index is -0.235. The molecule has 2 fully saturated rings. The van der Waals surface area contributed by atoms with Crippen LogP contribution >= 0.6 is 0 Å².